The summed E-state index contributed by atoms with van der Waals surface area (Å²) in [5, 5.41) is 9.42. The third-order valence-electron chi connectivity index (χ3n) is 0.424. The Morgan fingerprint density at radius 1 is 1.75 bits per heavy atom. The molecule has 0 aromatic carbocycles. The Hall–Kier alpha value is 0.270. The van der Waals surface area contributed by atoms with Crippen LogP contribution >= 0.6 is 0 Å². The van der Waals surface area contributed by atoms with Crippen molar-refractivity contribution in [3.63, 3.8) is 0 Å². The first-order chi connectivity index (χ1) is 3.27. The number of carboxylic acid groups (broad SMARTS) is 1. The zero-order chi connectivity index (χ0) is 5.70. The molecule has 0 rings (SSSR count). The molecule has 0 unspecified atom stereocenters. The van der Waals surface area contributed by atoms with E-state index < -0.39 is 6.16 Å². The molecule has 0 N–H and O–H groups in total. The molecule has 0 amide bonds. The van der Waals surface area contributed by atoms with E-state index in [1.165, 1.54) is 0 Å². The Balaban J connectivity index is 0. The van der Waals surface area contributed by atoms with Gasteiger partial charge < -0.3 is 14.6 Å². The van der Waals surface area contributed by atoms with Crippen LogP contribution in [0.4, 0.5) is 4.79 Å². The van der Waals surface area contributed by atoms with Gasteiger partial charge in [0.25, 0.3) is 6.16 Å². The van der Waals surface area contributed by atoms with Crippen LogP contribution in [0.15, 0.2) is 0 Å². The normalized spacial score (nSPS) is 7.12. The molecule has 0 aliphatic rings. The fraction of sp³-hybridized carbons (Fsp3) is 0.750. The SMILES string of the molecule is CCCOC(=O)[O-].[Na+]. The van der Waals surface area contributed by atoms with Gasteiger partial charge in [0.2, 0.25) is 0 Å². The third kappa shape index (κ3) is 9.55. The minimum absolute atomic E-state index is 0. The molecule has 4 heteroatoms. The van der Waals surface area contributed by atoms with Crippen molar-refractivity contribution in [1.82, 2.24) is 0 Å². The molecule has 0 aliphatic heterocycles. The van der Waals surface area contributed by atoms with Crippen molar-refractivity contribution in [2.24, 2.45) is 0 Å². The average Bonchev–Trinajstić information content (AvgIpc) is 1.61. The van der Waals surface area contributed by atoms with Crippen LogP contribution in [0.25, 0.3) is 0 Å². The molecule has 0 saturated heterocycles. The topological polar surface area (TPSA) is 49.4 Å². The van der Waals surface area contributed by atoms with E-state index in [9.17, 15) is 9.90 Å². The van der Waals surface area contributed by atoms with Crippen LogP contribution in [0.1, 0.15) is 13.3 Å². The maximum atomic E-state index is 9.42. The molecule has 3 nitrogen and oxygen atoms in total. The molecule has 0 radical (unpaired) electrons. The first kappa shape index (κ1) is 11.1. The molecular formula is C4H7NaO3. The van der Waals surface area contributed by atoms with Crippen molar-refractivity contribution in [3.8, 4) is 0 Å². The van der Waals surface area contributed by atoms with E-state index in [4.69, 9.17) is 0 Å². The average molecular weight is 126 g/mol. The molecule has 0 bridgehead atoms. The Morgan fingerprint density at radius 2 is 2.25 bits per heavy atom. The van der Waals surface area contributed by atoms with E-state index in [-0.39, 0.29) is 36.2 Å². The van der Waals surface area contributed by atoms with E-state index in [1.807, 2.05) is 6.92 Å². The van der Waals surface area contributed by atoms with Gasteiger partial charge in [0.15, 0.2) is 0 Å². The van der Waals surface area contributed by atoms with Crippen molar-refractivity contribution in [2.45, 2.75) is 13.3 Å². The summed E-state index contributed by atoms with van der Waals surface area (Å²) in [6.07, 6.45) is -0.740. The van der Waals surface area contributed by atoms with Crippen molar-refractivity contribution in [2.75, 3.05) is 6.61 Å². The van der Waals surface area contributed by atoms with Gasteiger partial charge in [0.05, 0.1) is 0 Å². The minimum Gasteiger partial charge on any atom is -0.550 e. The number of carbonyl (C=O) groups is 1. The predicted molar refractivity (Wildman–Crippen MR) is 21.6 cm³/mol. The second-order valence-electron chi connectivity index (χ2n) is 1.10. The van der Waals surface area contributed by atoms with E-state index in [2.05, 4.69) is 4.74 Å². The van der Waals surface area contributed by atoms with Gasteiger partial charge in [0.1, 0.15) is 0 Å². The number of hydrogen-bond acceptors (Lipinski definition) is 3. The maximum Gasteiger partial charge on any atom is 1.00 e. The molecular weight excluding hydrogens is 119 g/mol. The Morgan fingerprint density at radius 3 is 2.38 bits per heavy atom. The second kappa shape index (κ2) is 7.27. The van der Waals surface area contributed by atoms with Gasteiger partial charge in [-0.05, 0) is 6.42 Å². The van der Waals surface area contributed by atoms with E-state index in [0.29, 0.717) is 6.42 Å². The van der Waals surface area contributed by atoms with Crippen molar-refractivity contribution < 1.29 is 44.2 Å². The summed E-state index contributed by atoms with van der Waals surface area (Å²) in [6, 6.07) is 0. The molecule has 8 heavy (non-hydrogen) atoms. The van der Waals surface area contributed by atoms with Crippen molar-refractivity contribution in [1.29, 1.82) is 0 Å². The van der Waals surface area contributed by atoms with Crippen molar-refractivity contribution >= 4 is 6.16 Å². The predicted octanol–water partition coefficient (Wildman–Crippen LogP) is -3.24. The fourth-order valence-electron chi connectivity index (χ4n) is 0.185. The van der Waals surface area contributed by atoms with Gasteiger partial charge in [-0.3, -0.25) is 0 Å². The van der Waals surface area contributed by atoms with Crippen LogP contribution in [0.5, 0.6) is 0 Å². The molecule has 0 aromatic heterocycles. The molecule has 0 atom stereocenters. The van der Waals surface area contributed by atoms with E-state index in [1.54, 1.807) is 0 Å². The summed E-state index contributed by atoms with van der Waals surface area (Å²) in [7, 11) is 0. The van der Waals surface area contributed by atoms with E-state index in [0.717, 1.165) is 0 Å². The second-order valence-corrected chi connectivity index (χ2v) is 1.10. The van der Waals surface area contributed by atoms with Gasteiger partial charge >= 0.3 is 29.6 Å². The van der Waals surface area contributed by atoms with Crippen LogP contribution in [-0.2, 0) is 4.74 Å². The maximum absolute atomic E-state index is 9.42. The van der Waals surface area contributed by atoms with Gasteiger partial charge in [-0.25, -0.2) is 0 Å². The van der Waals surface area contributed by atoms with Crippen LogP contribution in [0.2, 0.25) is 0 Å². The molecule has 0 saturated carbocycles. The number of carbonyl (C=O) groups excluding carboxylic acids is 1. The smallest absolute Gasteiger partial charge is 0.550 e. The van der Waals surface area contributed by atoms with Gasteiger partial charge in [-0.15, -0.1) is 0 Å². The summed E-state index contributed by atoms with van der Waals surface area (Å²) in [4.78, 5) is 9.42. The molecule has 0 fully saturated rings. The van der Waals surface area contributed by atoms with Crippen LogP contribution < -0.4 is 34.7 Å². The van der Waals surface area contributed by atoms with Crippen LogP contribution in [0.3, 0.4) is 0 Å². The molecule has 0 aliphatic carbocycles. The number of ether oxygens (including phenoxy) is 1. The standard InChI is InChI=1S/C4H8O3.Na/c1-2-3-7-4(5)6;/h2-3H2,1H3,(H,5,6);/q;+1/p-1. The van der Waals surface area contributed by atoms with Crippen molar-refractivity contribution in [3.05, 3.63) is 0 Å². The largest absolute Gasteiger partial charge is 1.00 e. The number of rotatable bonds is 2. The van der Waals surface area contributed by atoms with Gasteiger partial charge in [-0.2, -0.15) is 0 Å². The summed E-state index contributed by atoms with van der Waals surface area (Å²) in [5.41, 5.74) is 0. The summed E-state index contributed by atoms with van der Waals surface area (Å²) in [6.45, 7) is 2.06. The van der Waals surface area contributed by atoms with Gasteiger partial charge in [0, 0.05) is 6.61 Å². The summed E-state index contributed by atoms with van der Waals surface area (Å²) < 4.78 is 4.00. The first-order valence-corrected chi connectivity index (χ1v) is 2.11. The van der Waals surface area contributed by atoms with Crippen LogP contribution in [0, 0.1) is 0 Å². The molecule has 0 heterocycles. The monoisotopic (exact) mass is 126 g/mol. The van der Waals surface area contributed by atoms with E-state index >= 15 is 0 Å². The Labute approximate surface area is 70.3 Å². The number of hydrogen-bond donors (Lipinski definition) is 0. The van der Waals surface area contributed by atoms with Gasteiger partial charge in [-0.1, -0.05) is 6.92 Å². The van der Waals surface area contributed by atoms with Crippen LogP contribution in [-0.4, -0.2) is 12.8 Å². The Kier molecular flexibility index (Phi) is 10.1. The minimum atomic E-state index is -1.44. The quantitative estimate of drug-likeness (QED) is 0.288. The Bertz CT molecular complexity index is 64.3. The zero-order valence-electron chi connectivity index (χ0n) is 5.14. The zero-order valence-corrected chi connectivity index (χ0v) is 7.14. The summed E-state index contributed by atoms with van der Waals surface area (Å²) in [5.74, 6) is 0. The fourth-order valence-corrected chi connectivity index (χ4v) is 0.185. The first-order valence-electron chi connectivity index (χ1n) is 2.11. The molecule has 0 aromatic rings. The third-order valence-corrected chi connectivity index (χ3v) is 0.424. The molecule has 42 valence electrons. The summed E-state index contributed by atoms with van der Waals surface area (Å²) >= 11 is 0. The molecule has 0 spiro atoms.